The summed E-state index contributed by atoms with van der Waals surface area (Å²) in [5, 5.41) is 11.5. The molecule has 0 fully saturated rings. The summed E-state index contributed by atoms with van der Waals surface area (Å²) in [6, 6.07) is 1.45. The number of carbonyl (C=O) groups excluding carboxylic acids is 1. The molecule has 0 aliphatic rings. The topological polar surface area (TPSA) is 75.6 Å². The van der Waals surface area contributed by atoms with Crippen molar-refractivity contribution in [1.82, 2.24) is 5.32 Å². The maximum absolute atomic E-state index is 13.2. The van der Waals surface area contributed by atoms with Crippen LogP contribution in [-0.2, 0) is 4.74 Å². The fourth-order valence-electron chi connectivity index (χ4n) is 1.67. The number of benzene rings is 1. The van der Waals surface area contributed by atoms with E-state index < -0.39 is 29.3 Å². The van der Waals surface area contributed by atoms with E-state index in [0.29, 0.717) is 12.5 Å². The highest BCUT2D eigenvalue weighted by Crippen LogP contribution is 2.17. The zero-order chi connectivity index (χ0) is 17.6. The van der Waals surface area contributed by atoms with Crippen LogP contribution in [-0.4, -0.2) is 29.3 Å². The van der Waals surface area contributed by atoms with Crippen molar-refractivity contribution in [3.05, 3.63) is 41.0 Å². The van der Waals surface area contributed by atoms with E-state index in [0.717, 1.165) is 6.07 Å². The Hall–Kier alpha value is -2.44. The molecule has 0 radical (unpaired) electrons. The number of carboxylic acid groups (broad SMARTS) is 1. The van der Waals surface area contributed by atoms with E-state index in [9.17, 15) is 18.4 Å². The number of nitrogens with one attached hydrogen (secondary N) is 1. The van der Waals surface area contributed by atoms with Gasteiger partial charge in [-0.25, -0.2) is 18.4 Å². The molecule has 2 N–H and O–H groups in total. The quantitative estimate of drug-likeness (QED) is 0.810. The van der Waals surface area contributed by atoms with Crippen LogP contribution in [0.25, 0.3) is 6.08 Å². The number of hydrogen-bond acceptors (Lipinski definition) is 3. The zero-order valence-electron chi connectivity index (χ0n) is 13.2. The summed E-state index contributed by atoms with van der Waals surface area (Å²) < 4.78 is 31.3. The van der Waals surface area contributed by atoms with E-state index >= 15 is 0 Å². The van der Waals surface area contributed by atoms with Crippen LogP contribution < -0.4 is 5.32 Å². The van der Waals surface area contributed by atoms with Gasteiger partial charge in [-0.15, -0.1) is 0 Å². The van der Waals surface area contributed by atoms with Gasteiger partial charge in [0.2, 0.25) is 0 Å². The Balaban J connectivity index is 2.60. The lowest BCUT2D eigenvalue weighted by atomic mass is 10.1. The highest BCUT2D eigenvalue weighted by Gasteiger charge is 2.15. The SMILES string of the molecule is CC(C)(C)OC(=O)NCCC=Cc1cc(F)c(F)cc1C(=O)O. The number of rotatable bonds is 5. The Bertz CT molecular complexity index is 621. The van der Waals surface area contributed by atoms with Crippen LogP contribution >= 0.6 is 0 Å². The Kier molecular flexibility index (Phi) is 6.24. The number of carbonyl (C=O) groups is 2. The number of hydrogen-bond donors (Lipinski definition) is 2. The summed E-state index contributed by atoms with van der Waals surface area (Å²) >= 11 is 0. The predicted octanol–water partition coefficient (Wildman–Crippen LogP) is 3.59. The second-order valence-electron chi connectivity index (χ2n) is 5.78. The molecule has 0 atom stereocenters. The first-order valence-corrected chi connectivity index (χ1v) is 6.96. The van der Waals surface area contributed by atoms with Gasteiger partial charge in [0, 0.05) is 6.54 Å². The van der Waals surface area contributed by atoms with E-state index in [1.54, 1.807) is 26.8 Å². The Morgan fingerprint density at radius 3 is 2.43 bits per heavy atom. The van der Waals surface area contributed by atoms with Crippen molar-refractivity contribution in [2.24, 2.45) is 0 Å². The third-order valence-electron chi connectivity index (χ3n) is 2.60. The molecule has 0 bridgehead atoms. The van der Waals surface area contributed by atoms with E-state index in [1.807, 2.05) is 0 Å². The van der Waals surface area contributed by atoms with Crippen molar-refractivity contribution < 1.29 is 28.2 Å². The molecule has 7 heteroatoms. The molecule has 0 aliphatic heterocycles. The molecule has 1 aromatic rings. The third kappa shape index (κ3) is 6.46. The van der Waals surface area contributed by atoms with Crippen molar-refractivity contribution in [2.75, 3.05) is 6.54 Å². The van der Waals surface area contributed by atoms with Gasteiger partial charge in [0.15, 0.2) is 11.6 Å². The minimum absolute atomic E-state index is 0.0497. The maximum Gasteiger partial charge on any atom is 0.407 e. The van der Waals surface area contributed by atoms with Gasteiger partial charge in [0.1, 0.15) is 5.60 Å². The molecule has 1 aromatic carbocycles. The van der Waals surface area contributed by atoms with Crippen molar-refractivity contribution in [3.8, 4) is 0 Å². The number of aromatic carboxylic acids is 1. The van der Waals surface area contributed by atoms with Crippen LogP contribution in [0.4, 0.5) is 13.6 Å². The Morgan fingerprint density at radius 1 is 1.26 bits per heavy atom. The molecule has 23 heavy (non-hydrogen) atoms. The Labute approximate surface area is 133 Å². The molecule has 126 valence electrons. The summed E-state index contributed by atoms with van der Waals surface area (Å²) in [6.45, 7) is 5.48. The highest BCUT2D eigenvalue weighted by molar-refractivity contribution is 5.92. The van der Waals surface area contributed by atoms with Gasteiger partial charge in [-0.3, -0.25) is 0 Å². The fourth-order valence-corrected chi connectivity index (χ4v) is 1.67. The van der Waals surface area contributed by atoms with Crippen LogP contribution in [0, 0.1) is 11.6 Å². The lowest BCUT2D eigenvalue weighted by Crippen LogP contribution is -2.32. The Morgan fingerprint density at radius 2 is 1.87 bits per heavy atom. The number of amides is 1. The van der Waals surface area contributed by atoms with Gasteiger partial charge < -0.3 is 15.2 Å². The number of alkyl carbamates (subject to hydrolysis) is 1. The van der Waals surface area contributed by atoms with Gasteiger partial charge in [-0.1, -0.05) is 12.2 Å². The fraction of sp³-hybridized carbons (Fsp3) is 0.375. The normalized spacial score (nSPS) is 11.5. The lowest BCUT2D eigenvalue weighted by Gasteiger charge is -2.19. The predicted molar refractivity (Wildman–Crippen MR) is 81.2 cm³/mol. The molecule has 5 nitrogen and oxygen atoms in total. The van der Waals surface area contributed by atoms with Crippen molar-refractivity contribution in [2.45, 2.75) is 32.8 Å². The lowest BCUT2D eigenvalue weighted by molar-refractivity contribution is 0.0528. The smallest absolute Gasteiger partial charge is 0.407 e. The summed E-state index contributed by atoms with van der Waals surface area (Å²) in [5.41, 5.74) is -0.879. The molecule has 1 rings (SSSR count). The van der Waals surface area contributed by atoms with Crippen LogP contribution in [0.2, 0.25) is 0 Å². The van der Waals surface area contributed by atoms with Gasteiger partial charge in [-0.05, 0) is 44.9 Å². The van der Waals surface area contributed by atoms with Gasteiger partial charge in [0.25, 0.3) is 0 Å². The monoisotopic (exact) mass is 327 g/mol. The van der Waals surface area contributed by atoms with E-state index in [4.69, 9.17) is 9.84 Å². The first-order chi connectivity index (χ1) is 10.6. The first-order valence-electron chi connectivity index (χ1n) is 6.96. The largest absolute Gasteiger partial charge is 0.478 e. The van der Waals surface area contributed by atoms with Crippen molar-refractivity contribution in [1.29, 1.82) is 0 Å². The molecule has 0 heterocycles. The average molecular weight is 327 g/mol. The number of carboxylic acids is 1. The molecule has 0 unspecified atom stereocenters. The summed E-state index contributed by atoms with van der Waals surface area (Å²) in [7, 11) is 0. The summed E-state index contributed by atoms with van der Waals surface area (Å²) in [5.74, 6) is -3.69. The molecule has 1 amide bonds. The van der Waals surface area contributed by atoms with Crippen molar-refractivity contribution in [3.63, 3.8) is 0 Å². The van der Waals surface area contributed by atoms with Gasteiger partial charge in [0.05, 0.1) is 5.56 Å². The number of ether oxygens (including phenoxy) is 1. The zero-order valence-corrected chi connectivity index (χ0v) is 13.2. The second kappa shape index (κ2) is 7.71. The average Bonchev–Trinajstić information content (AvgIpc) is 2.39. The van der Waals surface area contributed by atoms with Gasteiger partial charge in [-0.2, -0.15) is 0 Å². The minimum atomic E-state index is -1.35. The van der Waals surface area contributed by atoms with Gasteiger partial charge >= 0.3 is 12.1 Å². The third-order valence-corrected chi connectivity index (χ3v) is 2.60. The molecule has 0 saturated heterocycles. The van der Waals surface area contributed by atoms with Crippen LogP contribution in [0.3, 0.4) is 0 Å². The molecule has 0 saturated carbocycles. The maximum atomic E-state index is 13.2. The van der Waals surface area contributed by atoms with Crippen LogP contribution in [0.5, 0.6) is 0 Å². The van der Waals surface area contributed by atoms with E-state index in [2.05, 4.69) is 5.32 Å². The van der Waals surface area contributed by atoms with Crippen LogP contribution in [0.15, 0.2) is 18.2 Å². The van der Waals surface area contributed by atoms with Crippen LogP contribution in [0.1, 0.15) is 43.1 Å². The minimum Gasteiger partial charge on any atom is -0.478 e. The molecular weight excluding hydrogens is 308 g/mol. The molecule has 0 aliphatic carbocycles. The first kappa shape index (κ1) is 18.6. The van der Waals surface area contributed by atoms with Crippen molar-refractivity contribution >= 4 is 18.1 Å². The molecular formula is C16H19F2NO4. The van der Waals surface area contributed by atoms with E-state index in [-0.39, 0.29) is 17.7 Å². The molecule has 0 spiro atoms. The standard InChI is InChI=1S/C16H19F2NO4/c1-16(2,3)23-15(22)19-7-5-4-6-10-8-12(17)13(18)9-11(10)14(20)21/h4,6,8-9H,5,7H2,1-3H3,(H,19,22)(H,20,21). The summed E-state index contributed by atoms with van der Waals surface area (Å²) in [4.78, 5) is 22.4. The highest BCUT2D eigenvalue weighted by atomic mass is 19.2. The van der Waals surface area contributed by atoms with E-state index in [1.165, 1.54) is 6.08 Å². The second-order valence-corrected chi connectivity index (χ2v) is 5.78. The summed E-state index contributed by atoms with van der Waals surface area (Å²) in [6.07, 6.45) is 2.72. The number of halogens is 2. The molecule has 0 aromatic heterocycles.